The minimum atomic E-state index is 0.365. The summed E-state index contributed by atoms with van der Waals surface area (Å²) in [4.78, 5) is 8.65. The van der Waals surface area contributed by atoms with Crippen molar-refractivity contribution in [1.82, 2.24) is 9.97 Å². The lowest BCUT2D eigenvalue weighted by Gasteiger charge is -2.33. The van der Waals surface area contributed by atoms with Crippen LogP contribution in [0.3, 0.4) is 0 Å². The van der Waals surface area contributed by atoms with Gasteiger partial charge in [-0.05, 0) is 24.7 Å². The third kappa shape index (κ3) is 4.23. The molecule has 1 saturated carbocycles. The van der Waals surface area contributed by atoms with E-state index < -0.39 is 0 Å². The number of hydrogen-bond donors (Lipinski definition) is 2. The number of nitrogens with one attached hydrogen (secondary N) is 2. The Morgan fingerprint density at radius 1 is 1.25 bits per heavy atom. The number of rotatable bonds is 6. The molecule has 0 aliphatic heterocycles. The number of halogens is 1. The van der Waals surface area contributed by atoms with Crippen LogP contribution in [0.5, 0.6) is 0 Å². The fourth-order valence-corrected chi connectivity index (χ4v) is 2.85. The molecule has 0 aromatic carbocycles. The Balaban J connectivity index is 1.97. The summed E-state index contributed by atoms with van der Waals surface area (Å²) in [6, 6.07) is 0. The van der Waals surface area contributed by atoms with Gasteiger partial charge in [0.2, 0.25) is 5.95 Å². The summed E-state index contributed by atoms with van der Waals surface area (Å²) in [5.74, 6) is 1.39. The Morgan fingerprint density at radius 3 is 2.70 bits per heavy atom. The topological polar surface area (TPSA) is 49.8 Å². The molecule has 1 aliphatic rings. The lowest BCUT2D eigenvalue weighted by Crippen LogP contribution is -2.29. The van der Waals surface area contributed by atoms with Crippen LogP contribution in [0.15, 0.2) is 6.20 Å². The third-order valence-electron chi connectivity index (χ3n) is 4.02. The molecule has 0 spiro atoms. The molecule has 0 saturated heterocycles. The predicted molar refractivity (Wildman–Crippen MR) is 85.5 cm³/mol. The molecule has 1 aliphatic carbocycles. The molecule has 2 N–H and O–H groups in total. The molecule has 1 fully saturated rings. The van der Waals surface area contributed by atoms with Gasteiger partial charge in [0.1, 0.15) is 5.02 Å². The van der Waals surface area contributed by atoms with Crippen LogP contribution >= 0.6 is 11.6 Å². The minimum Gasteiger partial charge on any atom is -0.368 e. The summed E-state index contributed by atoms with van der Waals surface area (Å²) < 4.78 is 0. The Hall–Kier alpha value is -1.03. The highest BCUT2D eigenvalue weighted by Gasteiger charge is 2.26. The Labute approximate surface area is 126 Å². The van der Waals surface area contributed by atoms with Crippen LogP contribution in [0.25, 0.3) is 0 Å². The number of aromatic nitrogens is 2. The molecule has 0 amide bonds. The van der Waals surface area contributed by atoms with E-state index in [0.29, 0.717) is 16.4 Å². The van der Waals surface area contributed by atoms with Gasteiger partial charge in [-0.25, -0.2) is 4.98 Å². The van der Waals surface area contributed by atoms with Crippen molar-refractivity contribution in [1.29, 1.82) is 0 Å². The third-order valence-corrected chi connectivity index (χ3v) is 4.30. The molecular weight excluding hydrogens is 272 g/mol. The first-order valence-corrected chi connectivity index (χ1v) is 8.01. The summed E-state index contributed by atoms with van der Waals surface area (Å²) >= 11 is 6.18. The average molecular weight is 297 g/mol. The lowest BCUT2D eigenvalue weighted by atomic mass is 9.76. The second-order valence-electron chi connectivity index (χ2n) is 6.04. The van der Waals surface area contributed by atoms with Crippen LogP contribution in [0.2, 0.25) is 5.02 Å². The smallest absolute Gasteiger partial charge is 0.224 e. The second-order valence-corrected chi connectivity index (χ2v) is 6.45. The zero-order valence-electron chi connectivity index (χ0n) is 12.5. The highest BCUT2D eigenvalue weighted by Crippen LogP contribution is 2.36. The Morgan fingerprint density at radius 2 is 2.00 bits per heavy atom. The van der Waals surface area contributed by atoms with Crippen molar-refractivity contribution in [3.63, 3.8) is 0 Å². The normalized spacial score (nSPS) is 17.8. The van der Waals surface area contributed by atoms with E-state index in [1.807, 2.05) is 0 Å². The molecule has 5 heteroatoms. The quantitative estimate of drug-likeness (QED) is 0.820. The van der Waals surface area contributed by atoms with E-state index in [0.717, 1.165) is 25.3 Å². The average Bonchev–Trinajstić information content (AvgIpc) is 2.46. The molecule has 112 valence electrons. The van der Waals surface area contributed by atoms with Gasteiger partial charge < -0.3 is 10.6 Å². The fourth-order valence-electron chi connectivity index (χ4n) is 2.69. The molecular formula is C15H25ClN4. The minimum absolute atomic E-state index is 0.365. The van der Waals surface area contributed by atoms with Crippen molar-refractivity contribution in [2.75, 3.05) is 23.7 Å². The van der Waals surface area contributed by atoms with Crippen LogP contribution in [0.1, 0.15) is 52.4 Å². The van der Waals surface area contributed by atoms with Gasteiger partial charge in [-0.1, -0.05) is 44.7 Å². The second kappa shape index (κ2) is 7.11. The maximum absolute atomic E-state index is 6.18. The van der Waals surface area contributed by atoms with Crippen molar-refractivity contribution < 1.29 is 0 Å². The molecule has 4 nitrogen and oxygen atoms in total. The van der Waals surface area contributed by atoms with Gasteiger partial charge in [-0.3, -0.25) is 0 Å². The van der Waals surface area contributed by atoms with Crippen molar-refractivity contribution in [2.24, 2.45) is 5.41 Å². The van der Waals surface area contributed by atoms with E-state index >= 15 is 0 Å². The van der Waals surface area contributed by atoms with Crippen LogP contribution < -0.4 is 10.6 Å². The van der Waals surface area contributed by atoms with Gasteiger partial charge in [0, 0.05) is 13.1 Å². The summed E-state index contributed by atoms with van der Waals surface area (Å²) in [6.07, 6.45) is 9.31. The first-order chi connectivity index (χ1) is 9.63. The van der Waals surface area contributed by atoms with Crippen LogP contribution in [-0.4, -0.2) is 23.1 Å². The molecule has 1 aromatic rings. The number of hydrogen-bond acceptors (Lipinski definition) is 4. The van der Waals surface area contributed by atoms with E-state index in [2.05, 4.69) is 34.4 Å². The van der Waals surface area contributed by atoms with Crippen molar-refractivity contribution in [2.45, 2.75) is 52.4 Å². The molecule has 0 unspecified atom stereocenters. The van der Waals surface area contributed by atoms with Crippen molar-refractivity contribution in [3.8, 4) is 0 Å². The van der Waals surface area contributed by atoms with E-state index in [1.54, 1.807) is 6.20 Å². The molecule has 0 bridgehead atoms. The van der Waals surface area contributed by atoms with Gasteiger partial charge in [0.15, 0.2) is 5.82 Å². The predicted octanol–water partition coefficient (Wildman–Crippen LogP) is 4.33. The van der Waals surface area contributed by atoms with E-state index in [1.165, 1.54) is 32.1 Å². The Kier molecular flexibility index (Phi) is 5.46. The molecule has 20 heavy (non-hydrogen) atoms. The maximum atomic E-state index is 6.18. The monoisotopic (exact) mass is 296 g/mol. The standard InChI is InChI=1S/C15H25ClN4/c1-3-9-17-14-18-10-12(16)13(20-14)19-11-15(2)7-5-4-6-8-15/h10H,3-9,11H2,1-2H3,(H2,17,18,19,20). The summed E-state index contributed by atoms with van der Waals surface area (Å²) in [6.45, 7) is 6.27. The molecule has 0 radical (unpaired) electrons. The highest BCUT2D eigenvalue weighted by atomic mass is 35.5. The lowest BCUT2D eigenvalue weighted by molar-refractivity contribution is 0.233. The van der Waals surface area contributed by atoms with Crippen molar-refractivity contribution in [3.05, 3.63) is 11.2 Å². The maximum Gasteiger partial charge on any atom is 0.224 e. The van der Waals surface area contributed by atoms with Gasteiger partial charge in [0.05, 0.1) is 6.20 Å². The number of anilines is 2. The number of nitrogens with zero attached hydrogens (tertiary/aromatic N) is 2. The molecule has 1 aromatic heterocycles. The highest BCUT2D eigenvalue weighted by molar-refractivity contribution is 6.32. The largest absolute Gasteiger partial charge is 0.368 e. The van der Waals surface area contributed by atoms with Gasteiger partial charge >= 0.3 is 0 Å². The zero-order chi connectivity index (χ0) is 14.4. The summed E-state index contributed by atoms with van der Waals surface area (Å²) in [5.41, 5.74) is 0.365. The van der Waals surface area contributed by atoms with E-state index in [4.69, 9.17) is 11.6 Å². The van der Waals surface area contributed by atoms with E-state index in [9.17, 15) is 0 Å². The van der Waals surface area contributed by atoms with Crippen LogP contribution in [0, 0.1) is 5.41 Å². The molecule has 1 heterocycles. The molecule has 2 rings (SSSR count). The van der Waals surface area contributed by atoms with Gasteiger partial charge in [0.25, 0.3) is 0 Å². The van der Waals surface area contributed by atoms with E-state index in [-0.39, 0.29) is 0 Å². The fraction of sp³-hybridized carbons (Fsp3) is 0.733. The first-order valence-electron chi connectivity index (χ1n) is 7.63. The SMILES string of the molecule is CCCNc1ncc(Cl)c(NCC2(C)CCCCC2)n1. The van der Waals surface area contributed by atoms with Gasteiger partial charge in [-0.15, -0.1) is 0 Å². The summed E-state index contributed by atoms with van der Waals surface area (Å²) in [5, 5.41) is 7.19. The summed E-state index contributed by atoms with van der Waals surface area (Å²) in [7, 11) is 0. The molecule has 0 atom stereocenters. The Bertz CT molecular complexity index is 430. The van der Waals surface area contributed by atoms with Crippen molar-refractivity contribution >= 4 is 23.4 Å². The van der Waals surface area contributed by atoms with Crippen LogP contribution in [0.4, 0.5) is 11.8 Å². The zero-order valence-corrected chi connectivity index (χ0v) is 13.3. The first kappa shape index (κ1) is 15.4. The van der Waals surface area contributed by atoms with Gasteiger partial charge in [-0.2, -0.15) is 4.98 Å². The van der Waals surface area contributed by atoms with Crippen LogP contribution in [-0.2, 0) is 0 Å².